The fourth-order valence-electron chi connectivity index (χ4n) is 2.41. The van der Waals surface area contributed by atoms with Crippen LogP contribution in [-0.4, -0.2) is 19.1 Å². The molecule has 3 nitrogen and oxygen atoms in total. The number of nitrogens with one attached hydrogen (secondary N) is 1. The molecule has 4 heteroatoms. The first kappa shape index (κ1) is 16.7. The van der Waals surface area contributed by atoms with Gasteiger partial charge in [0.25, 0.3) is 5.91 Å². The van der Waals surface area contributed by atoms with E-state index in [1.54, 1.807) is 24.3 Å². The van der Waals surface area contributed by atoms with Crippen molar-refractivity contribution in [3.63, 3.8) is 0 Å². The maximum absolute atomic E-state index is 12.8. The van der Waals surface area contributed by atoms with Crippen molar-refractivity contribution in [1.29, 1.82) is 0 Å². The molecule has 0 radical (unpaired) electrons. The van der Waals surface area contributed by atoms with E-state index < -0.39 is 0 Å². The van der Waals surface area contributed by atoms with E-state index in [0.717, 1.165) is 11.1 Å². The van der Waals surface area contributed by atoms with Gasteiger partial charge in [-0.3, -0.25) is 4.79 Å². The SMILES string of the molecule is O=C(NCCOc1ccc(F)cc1)c1ccc(-c2ccccc2)cc1. The van der Waals surface area contributed by atoms with Crippen LogP contribution in [0.4, 0.5) is 4.39 Å². The smallest absolute Gasteiger partial charge is 0.251 e. The highest BCUT2D eigenvalue weighted by Gasteiger charge is 2.05. The molecule has 3 aromatic rings. The Kier molecular flexibility index (Phi) is 5.42. The number of halogens is 1. The molecule has 0 aliphatic carbocycles. The molecule has 0 aliphatic heterocycles. The fraction of sp³-hybridized carbons (Fsp3) is 0.0952. The van der Waals surface area contributed by atoms with Gasteiger partial charge in [-0.1, -0.05) is 42.5 Å². The van der Waals surface area contributed by atoms with Crippen LogP contribution in [0.3, 0.4) is 0 Å². The molecular formula is C21H18FNO2. The molecular weight excluding hydrogens is 317 g/mol. The first-order valence-electron chi connectivity index (χ1n) is 8.04. The molecule has 0 fully saturated rings. The Labute approximate surface area is 146 Å². The van der Waals surface area contributed by atoms with Gasteiger partial charge in [-0.2, -0.15) is 0 Å². The molecule has 0 aliphatic rings. The summed E-state index contributed by atoms with van der Waals surface area (Å²) in [6.07, 6.45) is 0. The van der Waals surface area contributed by atoms with Crippen molar-refractivity contribution in [3.8, 4) is 16.9 Å². The van der Waals surface area contributed by atoms with Crippen molar-refractivity contribution in [2.75, 3.05) is 13.2 Å². The highest BCUT2D eigenvalue weighted by atomic mass is 19.1. The van der Waals surface area contributed by atoms with Gasteiger partial charge in [-0.15, -0.1) is 0 Å². The van der Waals surface area contributed by atoms with Crippen LogP contribution in [0.15, 0.2) is 78.9 Å². The Morgan fingerprint density at radius 2 is 1.48 bits per heavy atom. The summed E-state index contributed by atoms with van der Waals surface area (Å²) in [5.74, 6) is 0.116. The Morgan fingerprint density at radius 1 is 0.840 bits per heavy atom. The molecule has 0 spiro atoms. The maximum atomic E-state index is 12.8. The number of rotatable bonds is 6. The minimum atomic E-state index is -0.306. The molecule has 25 heavy (non-hydrogen) atoms. The fourth-order valence-corrected chi connectivity index (χ4v) is 2.41. The summed E-state index contributed by atoms with van der Waals surface area (Å²) in [4.78, 5) is 12.1. The molecule has 0 heterocycles. The van der Waals surface area contributed by atoms with Gasteiger partial charge in [-0.05, 0) is 47.5 Å². The van der Waals surface area contributed by atoms with Crippen LogP contribution in [0.25, 0.3) is 11.1 Å². The molecule has 3 aromatic carbocycles. The van der Waals surface area contributed by atoms with Crippen LogP contribution in [0.2, 0.25) is 0 Å². The van der Waals surface area contributed by atoms with Gasteiger partial charge in [0.1, 0.15) is 18.2 Å². The topological polar surface area (TPSA) is 38.3 Å². The second-order valence-corrected chi connectivity index (χ2v) is 5.50. The Balaban J connectivity index is 1.49. The summed E-state index contributed by atoms with van der Waals surface area (Å²) < 4.78 is 18.2. The minimum absolute atomic E-state index is 0.151. The third kappa shape index (κ3) is 4.67. The zero-order chi connectivity index (χ0) is 17.5. The standard InChI is InChI=1S/C21H18FNO2/c22-19-10-12-20(13-11-19)25-15-14-23-21(24)18-8-6-17(7-9-18)16-4-2-1-3-5-16/h1-13H,14-15H2,(H,23,24). The largest absolute Gasteiger partial charge is 0.492 e. The summed E-state index contributed by atoms with van der Waals surface area (Å²) >= 11 is 0. The van der Waals surface area contributed by atoms with Crippen molar-refractivity contribution in [1.82, 2.24) is 5.32 Å². The van der Waals surface area contributed by atoms with E-state index >= 15 is 0 Å². The second kappa shape index (κ2) is 8.11. The van der Waals surface area contributed by atoms with Crippen molar-refractivity contribution in [2.24, 2.45) is 0 Å². The van der Waals surface area contributed by atoms with Crippen LogP contribution in [0.1, 0.15) is 10.4 Å². The monoisotopic (exact) mass is 335 g/mol. The average Bonchev–Trinajstić information content (AvgIpc) is 2.67. The predicted octanol–water partition coefficient (Wildman–Crippen LogP) is 4.30. The third-order valence-corrected chi connectivity index (χ3v) is 3.72. The molecule has 0 aromatic heterocycles. The highest BCUT2D eigenvalue weighted by molar-refractivity contribution is 5.94. The molecule has 1 amide bonds. The summed E-state index contributed by atoms with van der Waals surface area (Å²) in [5, 5.41) is 2.80. The van der Waals surface area contributed by atoms with Crippen molar-refractivity contribution in [2.45, 2.75) is 0 Å². The van der Waals surface area contributed by atoms with Crippen LogP contribution in [-0.2, 0) is 0 Å². The third-order valence-electron chi connectivity index (χ3n) is 3.72. The molecule has 0 unspecified atom stereocenters. The first-order chi connectivity index (χ1) is 12.2. The lowest BCUT2D eigenvalue weighted by atomic mass is 10.0. The van der Waals surface area contributed by atoms with Crippen molar-refractivity contribution in [3.05, 3.63) is 90.2 Å². The molecule has 0 saturated heterocycles. The summed E-state index contributed by atoms with van der Waals surface area (Å²) in [6.45, 7) is 0.691. The summed E-state index contributed by atoms with van der Waals surface area (Å²) in [7, 11) is 0. The number of amides is 1. The predicted molar refractivity (Wildman–Crippen MR) is 96.1 cm³/mol. The summed E-state index contributed by atoms with van der Waals surface area (Å²) in [6, 6.07) is 23.2. The van der Waals surface area contributed by atoms with Gasteiger partial charge in [0.05, 0.1) is 6.54 Å². The van der Waals surface area contributed by atoms with Gasteiger partial charge in [0, 0.05) is 5.56 Å². The number of ether oxygens (including phenoxy) is 1. The quantitative estimate of drug-likeness (QED) is 0.682. The molecule has 3 rings (SSSR count). The van der Waals surface area contributed by atoms with Gasteiger partial charge >= 0.3 is 0 Å². The number of benzene rings is 3. The van der Waals surface area contributed by atoms with E-state index in [2.05, 4.69) is 5.32 Å². The normalized spacial score (nSPS) is 10.3. The maximum Gasteiger partial charge on any atom is 0.251 e. The Morgan fingerprint density at radius 3 is 2.16 bits per heavy atom. The lowest BCUT2D eigenvalue weighted by molar-refractivity contribution is 0.0947. The lowest BCUT2D eigenvalue weighted by Crippen LogP contribution is -2.28. The van der Waals surface area contributed by atoms with Gasteiger partial charge in [0.2, 0.25) is 0 Å². The first-order valence-corrected chi connectivity index (χ1v) is 8.04. The number of hydrogen-bond donors (Lipinski definition) is 1. The Bertz CT molecular complexity index is 815. The van der Waals surface area contributed by atoms with Crippen molar-refractivity contribution < 1.29 is 13.9 Å². The molecule has 0 saturated carbocycles. The zero-order valence-corrected chi connectivity index (χ0v) is 13.6. The highest BCUT2D eigenvalue weighted by Crippen LogP contribution is 2.19. The molecule has 126 valence electrons. The van der Waals surface area contributed by atoms with E-state index in [1.165, 1.54) is 12.1 Å². The second-order valence-electron chi connectivity index (χ2n) is 5.50. The molecule has 0 atom stereocenters. The lowest BCUT2D eigenvalue weighted by Gasteiger charge is -2.08. The van der Waals surface area contributed by atoms with Crippen molar-refractivity contribution >= 4 is 5.91 Å². The van der Waals surface area contributed by atoms with Crippen LogP contribution < -0.4 is 10.1 Å². The molecule has 0 bridgehead atoms. The van der Waals surface area contributed by atoms with Gasteiger partial charge in [-0.25, -0.2) is 4.39 Å². The number of carbonyl (C=O) groups is 1. The van der Waals surface area contributed by atoms with E-state index in [0.29, 0.717) is 24.5 Å². The average molecular weight is 335 g/mol. The summed E-state index contributed by atoms with van der Waals surface area (Å²) in [5.41, 5.74) is 2.78. The van der Waals surface area contributed by atoms with E-state index in [9.17, 15) is 9.18 Å². The van der Waals surface area contributed by atoms with E-state index in [-0.39, 0.29) is 11.7 Å². The van der Waals surface area contributed by atoms with Crippen LogP contribution in [0.5, 0.6) is 5.75 Å². The van der Waals surface area contributed by atoms with Gasteiger partial charge in [0.15, 0.2) is 0 Å². The van der Waals surface area contributed by atoms with Crippen LogP contribution in [0, 0.1) is 5.82 Å². The van der Waals surface area contributed by atoms with Gasteiger partial charge < -0.3 is 10.1 Å². The van der Waals surface area contributed by atoms with E-state index in [1.807, 2.05) is 42.5 Å². The minimum Gasteiger partial charge on any atom is -0.492 e. The van der Waals surface area contributed by atoms with Crippen LogP contribution >= 0.6 is 0 Å². The Hall–Kier alpha value is -3.14. The molecule has 1 N–H and O–H groups in total. The zero-order valence-electron chi connectivity index (χ0n) is 13.6. The number of hydrogen-bond acceptors (Lipinski definition) is 2. The number of carbonyl (C=O) groups excluding carboxylic acids is 1. The van der Waals surface area contributed by atoms with E-state index in [4.69, 9.17) is 4.74 Å².